The highest BCUT2D eigenvalue weighted by Gasteiger charge is 2.15. The van der Waals surface area contributed by atoms with Crippen LogP contribution in [0.15, 0.2) is 48.0 Å². The molecule has 1 heterocycles. The highest BCUT2D eigenvalue weighted by atomic mass is 16.6. The van der Waals surface area contributed by atoms with Crippen molar-refractivity contribution in [3.05, 3.63) is 53.6 Å². The first-order valence-corrected chi connectivity index (χ1v) is 7.67. The molecule has 1 aliphatic heterocycles. The number of amides is 1. The third-order valence-corrected chi connectivity index (χ3v) is 3.60. The van der Waals surface area contributed by atoms with E-state index in [0.717, 1.165) is 0 Å². The molecule has 6 heteroatoms. The number of rotatable bonds is 4. The van der Waals surface area contributed by atoms with Crippen LogP contribution < -0.4 is 19.5 Å². The number of nitriles is 1. The van der Waals surface area contributed by atoms with Crippen molar-refractivity contribution in [2.75, 3.05) is 25.6 Å². The Morgan fingerprint density at radius 1 is 1.20 bits per heavy atom. The lowest BCUT2D eigenvalue weighted by atomic mass is 10.1. The SMILES string of the molecule is COc1ccccc1/C=C(/C#N)C(=O)Nc1ccc2c(c1)OCCO2. The molecule has 0 aliphatic carbocycles. The van der Waals surface area contributed by atoms with Crippen LogP contribution in [0.5, 0.6) is 17.2 Å². The number of para-hydroxylation sites is 1. The van der Waals surface area contributed by atoms with Crippen molar-refractivity contribution in [3.8, 4) is 23.3 Å². The van der Waals surface area contributed by atoms with Gasteiger partial charge in [0.05, 0.1) is 7.11 Å². The van der Waals surface area contributed by atoms with Gasteiger partial charge in [-0.05, 0) is 24.3 Å². The largest absolute Gasteiger partial charge is 0.496 e. The van der Waals surface area contributed by atoms with E-state index in [4.69, 9.17) is 14.2 Å². The molecule has 1 amide bonds. The molecule has 0 saturated carbocycles. The van der Waals surface area contributed by atoms with Crippen molar-refractivity contribution >= 4 is 17.7 Å². The van der Waals surface area contributed by atoms with Crippen molar-refractivity contribution in [1.29, 1.82) is 5.26 Å². The van der Waals surface area contributed by atoms with Gasteiger partial charge >= 0.3 is 0 Å². The van der Waals surface area contributed by atoms with Gasteiger partial charge in [0, 0.05) is 17.3 Å². The van der Waals surface area contributed by atoms with Gasteiger partial charge in [-0.3, -0.25) is 4.79 Å². The van der Waals surface area contributed by atoms with Crippen LogP contribution >= 0.6 is 0 Å². The first-order valence-electron chi connectivity index (χ1n) is 7.67. The smallest absolute Gasteiger partial charge is 0.266 e. The summed E-state index contributed by atoms with van der Waals surface area (Å²) in [7, 11) is 1.54. The van der Waals surface area contributed by atoms with Crippen LogP contribution in [-0.2, 0) is 4.79 Å². The molecule has 2 aromatic rings. The highest BCUT2D eigenvalue weighted by molar-refractivity contribution is 6.09. The van der Waals surface area contributed by atoms with E-state index in [1.54, 1.807) is 30.3 Å². The fraction of sp³-hybridized carbons (Fsp3) is 0.158. The van der Waals surface area contributed by atoms with Gasteiger partial charge in [0.25, 0.3) is 5.91 Å². The maximum atomic E-state index is 12.4. The van der Waals surface area contributed by atoms with Gasteiger partial charge in [0.1, 0.15) is 30.6 Å². The lowest BCUT2D eigenvalue weighted by Gasteiger charge is -2.18. The van der Waals surface area contributed by atoms with E-state index in [9.17, 15) is 10.1 Å². The number of carbonyl (C=O) groups excluding carboxylic acids is 1. The minimum atomic E-state index is -0.509. The lowest BCUT2D eigenvalue weighted by molar-refractivity contribution is -0.112. The summed E-state index contributed by atoms with van der Waals surface area (Å²) in [4.78, 5) is 12.4. The first kappa shape index (κ1) is 16.4. The molecule has 1 N–H and O–H groups in total. The Morgan fingerprint density at radius 2 is 1.96 bits per heavy atom. The summed E-state index contributed by atoms with van der Waals surface area (Å²) in [5, 5.41) is 12.0. The molecule has 6 nitrogen and oxygen atoms in total. The monoisotopic (exact) mass is 336 g/mol. The number of methoxy groups -OCH3 is 1. The molecule has 0 radical (unpaired) electrons. The number of fused-ring (bicyclic) bond motifs is 1. The molecule has 2 aromatic carbocycles. The molecule has 0 fully saturated rings. The van der Waals surface area contributed by atoms with Crippen LogP contribution in [0.3, 0.4) is 0 Å². The van der Waals surface area contributed by atoms with Crippen molar-refractivity contribution < 1.29 is 19.0 Å². The Labute approximate surface area is 145 Å². The molecule has 0 aromatic heterocycles. The number of hydrogen-bond acceptors (Lipinski definition) is 5. The topological polar surface area (TPSA) is 80.6 Å². The van der Waals surface area contributed by atoms with Crippen LogP contribution in [0.4, 0.5) is 5.69 Å². The van der Waals surface area contributed by atoms with E-state index in [0.29, 0.717) is 41.7 Å². The molecular weight excluding hydrogens is 320 g/mol. The predicted molar refractivity (Wildman–Crippen MR) is 92.6 cm³/mol. The third-order valence-electron chi connectivity index (χ3n) is 3.60. The average molecular weight is 336 g/mol. The van der Waals surface area contributed by atoms with E-state index < -0.39 is 5.91 Å². The molecule has 1 aliphatic rings. The number of hydrogen-bond donors (Lipinski definition) is 1. The summed E-state index contributed by atoms with van der Waals surface area (Å²) in [6.07, 6.45) is 1.49. The van der Waals surface area contributed by atoms with Crippen molar-refractivity contribution in [2.45, 2.75) is 0 Å². The van der Waals surface area contributed by atoms with E-state index >= 15 is 0 Å². The Kier molecular flexibility index (Phi) is 4.86. The summed E-state index contributed by atoms with van der Waals surface area (Å²) >= 11 is 0. The predicted octanol–water partition coefficient (Wildman–Crippen LogP) is 3.01. The van der Waals surface area contributed by atoms with E-state index in [1.807, 2.05) is 18.2 Å². The number of benzene rings is 2. The molecule has 0 bridgehead atoms. The van der Waals surface area contributed by atoms with Crippen LogP contribution in [-0.4, -0.2) is 26.2 Å². The molecule has 0 saturated heterocycles. The number of nitrogens with one attached hydrogen (secondary N) is 1. The van der Waals surface area contributed by atoms with E-state index in [-0.39, 0.29) is 5.57 Å². The van der Waals surface area contributed by atoms with E-state index in [1.165, 1.54) is 13.2 Å². The molecule has 25 heavy (non-hydrogen) atoms. The Balaban J connectivity index is 1.81. The van der Waals surface area contributed by atoms with Crippen LogP contribution in [0.2, 0.25) is 0 Å². The van der Waals surface area contributed by atoms with Crippen molar-refractivity contribution in [3.63, 3.8) is 0 Å². The normalized spacial score (nSPS) is 12.9. The Bertz CT molecular complexity index is 868. The van der Waals surface area contributed by atoms with Crippen LogP contribution in [0.1, 0.15) is 5.56 Å². The van der Waals surface area contributed by atoms with Gasteiger partial charge in [0.2, 0.25) is 0 Å². The zero-order valence-corrected chi connectivity index (χ0v) is 13.6. The van der Waals surface area contributed by atoms with Gasteiger partial charge < -0.3 is 19.5 Å². The highest BCUT2D eigenvalue weighted by Crippen LogP contribution is 2.32. The summed E-state index contributed by atoms with van der Waals surface area (Å²) in [6, 6.07) is 14.2. The molecule has 126 valence electrons. The number of anilines is 1. The zero-order chi connectivity index (χ0) is 17.6. The molecule has 0 spiro atoms. The Hall–Kier alpha value is -3.46. The van der Waals surface area contributed by atoms with Gasteiger partial charge in [-0.2, -0.15) is 5.26 Å². The summed E-state index contributed by atoms with van der Waals surface area (Å²) < 4.78 is 16.2. The van der Waals surface area contributed by atoms with Gasteiger partial charge in [-0.1, -0.05) is 18.2 Å². The molecule has 3 rings (SSSR count). The average Bonchev–Trinajstić information content (AvgIpc) is 2.66. The second kappa shape index (κ2) is 7.41. The van der Waals surface area contributed by atoms with Gasteiger partial charge in [-0.15, -0.1) is 0 Å². The number of ether oxygens (including phenoxy) is 3. The second-order valence-electron chi connectivity index (χ2n) is 5.22. The molecule has 0 unspecified atom stereocenters. The first-order chi connectivity index (χ1) is 12.2. The zero-order valence-electron chi connectivity index (χ0n) is 13.6. The number of carbonyl (C=O) groups is 1. The quantitative estimate of drug-likeness (QED) is 0.686. The summed E-state index contributed by atoms with van der Waals surface area (Å²) in [5.41, 5.74) is 1.15. The minimum absolute atomic E-state index is 0.0283. The molecule has 0 atom stereocenters. The fourth-order valence-corrected chi connectivity index (χ4v) is 2.41. The van der Waals surface area contributed by atoms with Crippen LogP contribution in [0, 0.1) is 11.3 Å². The van der Waals surface area contributed by atoms with Crippen LogP contribution in [0.25, 0.3) is 6.08 Å². The maximum Gasteiger partial charge on any atom is 0.266 e. The summed E-state index contributed by atoms with van der Waals surface area (Å²) in [5.74, 6) is 1.28. The van der Waals surface area contributed by atoms with Gasteiger partial charge in [0.15, 0.2) is 11.5 Å². The molecular formula is C19H16N2O4. The maximum absolute atomic E-state index is 12.4. The van der Waals surface area contributed by atoms with Crippen molar-refractivity contribution in [2.24, 2.45) is 0 Å². The van der Waals surface area contributed by atoms with Gasteiger partial charge in [-0.25, -0.2) is 0 Å². The Morgan fingerprint density at radius 3 is 2.72 bits per heavy atom. The minimum Gasteiger partial charge on any atom is -0.496 e. The standard InChI is InChI=1S/C19H16N2O4/c1-23-16-5-3-2-4-13(16)10-14(12-20)19(22)21-15-6-7-17-18(11-15)25-9-8-24-17/h2-7,10-11H,8-9H2,1H3,(H,21,22)/b14-10-. The summed E-state index contributed by atoms with van der Waals surface area (Å²) in [6.45, 7) is 0.959. The van der Waals surface area contributed by atoms with E-state index in [2.05, 4.69) is 5.32 Å². The lowest BCUT2D eigenvalue weighted by Crippen LogP contribution is -2.17. The van der Waals surface area contributed by atoms with Crippen molar-refractivity contribution in [1.82, 2.24) is 0 Å². The third kappa shape index (κ3) is 3.72. The fourth-order valence-electron chi connectivity index (χ4n) is 2.41. The number of nitrogens with zero attached hydrogens (tertiary/aromatic N) is 1. The second-order valence-corrected chi connectivity index (χ2v) is 5.22.